The number of rotatable bonds is 7. The van der Waals surface area contributed by atoms with Crippen molar-refractivity contribution in [2.24, 2.45) is 5.41 Å². The van der Waals surface area contributed by atoms with E-state index < -0.39 is 11.2 Å². The van der Waals surface area contributed by atoms with Gasteiger partial charge in [0, 0.05) is 18.0 Å². The van der Waals surface area contributed by atoms with Crippen LogP contribution in [0.15, 0.2) is 36.8 Å². The lowest BCUT2D eigenvalue weighted by molar-refractivity contribution is 0.257. The van der Waals surface area contributed by atoms with Crippen LogP contribution in [-0.2, 0) is 0 Å². The summed E-state index contributed by atoms with van der Waals surface area (Å²) in [5.41, 5.74) is 2.49. The molecule has 0 bridgehead atoms. The zero-order valence-electron chi connectivity index (χ0n) is 16.6. The van der Waals surface area contributed by atoms with Crippen LogP contribution in [0.25, 0.3) is 11.3 Å². The van der Waals surface area contributed by atoms with E-state index in [4.69, 9.17) is 10.00 Å². The van der Waals surface area contributed by atoms with E-state index in [1.54, 1.807) is 24.5 Å². The maximum Gasteiger partial charge on any atom is 0.227 e. The van der Waals surface area contributed by atoms with E-state index >= 15 is 0 Å². The zero-order valence-corrected chi connectivity index (χ0v) is 16.6. The zero-order chi connectivity index (χ0) is 20.7. The van der Waals surface area contributed by atoms with Crippen LogP contribution in [0, 0.1) is 29.5 Å². The Balaban J connectivity index is 1.34. The van der Waals surface area contributed by atoms with Crippen LogP contribution < -0.4 is 10.1 Å². The van der Waals surface area contributed by atoms with Crippen LogP contribution in [-0.4, -0.2) is 26.4 Å². The number of ether oxygens (including phenoxy) is 1. The third kappa shape index (κ3) is 3.71. The molecule has 30 heavy (non-hydrogen) atoms. The van der Waals surface area contributed by atoms with E-state index in [1.165, 1.54) is 6.07 Å². The molecule has 1 N–H and O–H groups in total. The fraction of sp³-hybridized carbons (Fsp3) is 0.364. The van der Waals surface area contributed by atoms with Crippen molar-refractivity contribution in [3.63, 3.8) is 0 Å². The summed E-state index contributed by atoms with van der Waals surface area (Å²) in [4.78, 5) is 8.91. The third-order valence-electron chi connectivity index (χ3n) is 5.55. The van der Waals surface area contributed by atoms with E-state index in [9.17, 15) is 4.39 Å². The summed E-state index contributed by atoms with van der Waals surface area (Å²) in [5, 5.41) is 16.7. The topological polar surface area (TPSA) is 88.7 Å². The normalized spacial score (nSPS) is 16.7. The summed E-state index contributed by atoms with van der Waals surface area (Å²) >= 11 is 0. The first-order valence-electron chi connectivity index (χ1n) is 10.0. The molecule has 2 saturated carbocycles. The monoisotopic (exact) mass is 404 g/mol. The Morgan fingerprint density at radius 1 is 1.33 bits per heavy atom. The number of hydrogen-bond acceptors (Lipinski definition) is 6. The molecule has 3 aromatic rings. The van der Waals surface area contributed by atoms with Crippen LogP contribution >= 0.6 is 0 Å². The minimum absolute atomic E-state index is 0.151. The number of nitriles is 1. The van der Waals surface area contributed by atoms with Crippen LogP contribution in [0.4, 0.5) is 16.0 Å². The molecule has 8 heteroatoms. The van der Waals surface area contributed by atoms with E-state index in [0.717, 1.165) is 36.9 Å². The van der Waals surface area contributed by atoms with Crippen molar-refractivity contribution < 1.29 is 9.13 Å². The molecule has 7 nitrogen and oxygen atoms in total. The molecule has 0 saturated heterocycles. The number of halogens is 1. The van der Waals surface area contributed by atoms with Crippen LogP contribution in [0.3, 0.4) is 0 Å². The number of aryl methyl sites for hydroxylation is 1. The number of aromatic nitrogens is 4. The summed E-state index contributed by atoms with van der Waals surface area (Å²) in [5.74, 6) is 0.105. The minimum Gasteiger partial charge on any atom is -0.489 e. The van der Waals surface area contributed by atoms with E-state index in [2.05, 4.69) is 26.5 Å². The minimum atomic E-state index is -0.473. The van der Waals surface area contributed by atoms with Crippen molar-refractivity contribution in [3.8, 4) is 23.1 Å². The number of benzene rings is 1. The van der Waals surface area contributed by atoms with Crippen LogP contribution in [0.5, 0.6) is 5.75 Å². The first-order chi connectivity index (χ1) is 14.5. The SMILES string of the molecule is Cc1cnc(Nc2cnn(C3CC3)c2)nc1-c1ccc(OCC2(C#N)CC2)c(F)c1. The van der Waals surface area contributed by atoms with Crippen LogP contribution in [0.1, 0.15) is 37.3 Å². The Kier molecular flexibility index (Phi) is 4.39. The molecule has 0 amide bonds. The molecule has 0 atom stereocenters. The molecule has 0 spiro atoms. The highest BCUT2D eigenvalue weighted by atomic mass is 19.1. The molecule has 2 heterocycles. The summed E-state index contributed by atoms with van der Waals surface area (Å²) in [6.45, 7) is 2.10. The lowest BCUT2D eigenvalue weighted by atomic mass is 10.1. The molecule has 2 aromatic heterocycles. The average Bonchev–Trinajstić information content (AvgIpc) is 3.68. The lowest BCUT2D eigenvalue weighted by Crippen LogP contribution is -2.11. The average molecular weight is 404 g/mol. The quantitative estimate of drug-likeness (QED) is 0.621. The Labute approximate surface area is 173 Å². The number of nitrogens with zero attached hydrogens (tertiary/aromatic N) is 5. The maximum absolute atomic E-state index is 14.6. The fourth-order valence-corrected chi connectivity index (χ4v) is 3.29. The van der Waals surface area contributed by atoms with Gasteiger partial charge in [-0.3, -0.25) is 4.68 Å². The van der Waals surface area contributed by atoms with Gasteiger partial charge in [0.1, 0.15) is 6.61 Å². The highest BCUT2D eigenvalue weighted by molar-refractivity contribution is 5.65. The van der Waals surface area contributed by atoms with Gasteiger partial charge in [0.2, 0.25) is 5.95 Å². The van der Waals surface area contributed by atoms with E-state index in [0.29, 0.717) is 23.2 Å². The molecule has 152 valence electrons. The van der Waals surface area contributed by atoms with Gasteiger partial charge in [-0.05, 0) is 56.4 Å². The Bertz CT molecular complexity index is 1140. The molecule has 2 fully saturated rings. The molecule has 1 aromatic carbocycles. The van der Waals surface area contributed by atoms with Gasteiger partial charge in [-0.15, -0.1) is 0 Å². The second-order valence-corrected chi connectivity index (χ2v) is 8.12. The highest BCUT2D eigenvalue weighted by Gasteiger charge is 2.44. The number of hydrogen-bond donors (Lipinski definition) is 1. The number of nitrogens with one attached hydrogen (secondary N) is 1. The molecule has 2 aliphatic rings. The van der Waals surface area contributed by atoms with Crippen molar-refractivity contribution in [3.05, 3.63) is 48.2 Å². The molecule has 0 aliphatic heterocycles. The van der Waals surface area contributed by atoms with Gasteiger partial charge < -0.3 is 10.1 Å². The largest absolute Gasteiger partial charge is 0.489 e. The van der Waals surface area contributed by atoms with Crippen molar-refractivity contribution in [1.82, 2.24) is 19.7 Å². The van der Waals surface area contributed by atoms with E-state index in [1.807, 2.05) is 17.8 Å². The second kappa shape index (κ2) is 7.10. The smallest absolute Gasteiger partial charge is 0.227 e. The van der Waals surface area contributed by atoms with Gasteiger partial charge in [0.25, 0.3) is 0 Å². The van der Waals surface area contributed by atoms with Gasteiger partial charge in [0.15, 0.2) is 11.6 Å². The molecule has 2 aliphatic carbocycles. The van der Waals surface area contributed by atoms with Gasteiger partial charge in [-0.25, -0.2) is 14.4 Å². The van der Waals surface area contributed by atoms with Gasteiger partial charge in [-0.2, -0.15) is 10.4 Å². The fourth-order valence-electron chi connectivity index (χ4n) is 3.29. The highest BCUT2D eigenvalue weighted by Crippen LogP contribution is 2.45. The maximum atomic E-state index is 14.6. The second-order valence-electron chi connectivity index (χ2n) is 8.12. The lowest BCUT2D eigenvalue weighted by Gasteiger charge is -2.12. The Morgan fingerprint density at radius 3 is 2.87 bits per heavy atom. The van der Waals surface area contributed by atoms with Gasteiger partial charge in [0.05, 0.1) is 35.1 Å². The Morgan fingerprint density at radius 2 is 2.17 bits per heavy atom. The Hall–Kier alpha value is -3.47. The number of anilines is 2. The molecule has 5 rings (SSSR count). The standard InChI is InChI=1S/C22H21FN6O/c1-14-9-25-21(27-16-10-26-29(11-16)17-3-4-17)28-20(14)15-2-5-19(18(23)8-15)30-13-22(12-24)6-7-22/h2,5,8-11,17H,3-4,6-7,13H2,1H3,(H,25,27,28). The first-order valence-corrected chi connectivity index (χ1v) is 10.0. The molecule has 0 unspecified atom stereocenters. The van der Waals surface area contributed by atoms with Crippen molar-refractivity contribution >= 4 is 11.6 Å². The van der Waals surface area contributed by atoms with Gasteiger partial charge in [-0.1, -0.05) is 0 Å². The molecular formula is C22H21FN6O. The van der Waals surface area contributed by atoms with Crippen LogP contribution in [0.2, 0.25) is 0 Å². The summed E-state index contributed by atoms with van der Waals surface area (Å²) < 4.78 is 22.1. The predicted octanol–water partition coefficient (Wildman–Crippen LogP) is 4.55. The third-order valence-corrected chi connectivity index (χ3v) is 5.55. The van der Waals surface area contributed by atoms with Crippen molar-refractivity contribution in [2.45, 2.75) is 38.6 Å². The van der Waals surface area contributed by atoms with Crippen molar-refractivity contribution in [2.75, 3.05) is 11.9 Å². The molecular weight excluding hydrogens is 383 g/mol. The summed E-state index contributed by atoms with van der Waals surface area (Å²) in [6.07, 6.45) is 9.34. The summed E-state index contributed by atoms with van der Waals surface area (Å²) in [7, 11) is 0. The summed E-state index contributed by atoms with van der Waals surface area (Å²) in [6, 6.07) is 7.52. The van der Waals surface area contributed by atoms with Crippen molar-refractivity contribution in [1.29, 1.82) is 5.26 Å². The molecule has 0 radical (unpaired) electrons. The first kappa shape index (κ1) is 18.6. The predicted molar refractivity (Wildman–Crippen MR) is 109 cm³/mol. The van der Waals surface area contributed by atoms with E-state index in [-0.39, 0.29) is 12.4 Å². The van der Waals surface area contributed by atoms with Gasteiger partial charge >= 0.3 is 0 Å².